The van der Waals surface area contributed by atoms with Gasteiger partial charge in [0, 0.05) is 0 Å². The van der Waals surface area contributed by atoms with Crippen molar-refractivity contribution in [2.75, 3.05) is 5.32 Å². The van der Waals surface area contributed by atoms with Gasteiger partial charge in [-0.3, -0.25) is 4.79 Å². The molecule has 0 fully saturated rings. The number of carbonyl (C=O) groups is 2. The van der Waals surface area contributed by atoms with Crippen molar-refractivity contribution in [3.63, 3.8) is 0 Å². The van der Waals surface area contributed by atoms with Gasteiger partial charge >= 0.3 is 6.09 Å². The van der Waals surface area contributed by atoms with Crippen LogP contribution in [0.3, 0.4) is 0 Å². The fourth-order valence-corrected chi connectivity index (χ4v) is 1.51. The lowest BCUT2D eigenvalue weighted by Gasteiger charge is -2.21. The van der Waals surface area contributed by atoms with Crippen molar-refractivity contribution < 1.29 is 18.7 Å². The fraction of sp³-hybridized carbons (Fsp3) is 0.467. The van der Waals surface area contributed by atoms with Gasteiger partial charge in [-0.2, -0.15) is 0 Å². The molecule has 0 heterocycles. The molecule has 0 aliphatic rings. The first kappa shape index (κ1) is 16.9. The Morgan fingerprint density at radius 3 is 2.43 bits per heavy atom. The predicted molar refractivity (Wildman–Crippen MR) is 78.6 cm³/mol. The van der Waals surface area contributed by atoms with Crippen molar-refractivity contribution >= 4 is 17.7 Å². The molecule has 0 aliphatic heterocycles. The third-order valence-corrected chi connectivity index (χ3v) is 2.51. The van der Waals surface area contributed by atoms with Crippen molar-refractivity contribution in [3.05, 3.63) is 29.6 Å². The van der Waals surface area contributed by atoms with Crippen LogP contribution in [0.25, 0.3) is 0 Å². The molecule has 2 amide bonds. The average Bonchev–Trinajstić information content (AvgIpc) is 2.29. The van der Waals surface area contributed by atoms with Gasteiger partial charge in [-0.25, -0.2) is 9.18 Å². The van der Waals surface area contributed by atoms with Crippen LogP contribution in [-0.2, 0) is 9.53 Å². The molecule has 0 aliphatic carbocycles. The van der Waals surface area contributed by atoms with Gasteiger partial charge in [-0.05, 0) is 52.3 Å². The van der Waals surface area contributed by atoms with E-state index in [0.29, 0.717) is 0 Å². The van der Waals surface area contributed by atoms with Gasteiger partial charge in [0.25, 0.3) is 0 Å². The van der Waals surface area contributed by atoms with Crippen molar-refractivity contribution in [1.29, 1.82) is 0 Å². The summed E-state index contributed by atoms with van der Waals surface area (Å²) in [6.07, 6.45) is -0.700. The molecule has 1 aromatic carbocycles. The molecule has 0 bridgehead atoms. The molecular weight excluding hydrogens is 275 g/mol. The smallest absolute Gasteiger partial charge is 0.408 e. The number of rotatable bonds is 3. The van der Waals surface area contributed by atoms with Gasteiger partial charge in [-0.15, -0.1) is 0 Å². The van der Waals surface area contributed by atoms with Crippen molar-refractivity contribution in [1.82, 2.24) is 5.32 Å². The number of carbonyl (C=O) groups excluding carboxylic acids is 2. The molecule has 2 N–H and O–H groups in total. The van der Waals surface area contributed by atoms with Crippen LogP contribution >= 0.6 is 0 Å². The van der Waals surface area contributed by atoms with E-state index in [0.717, 1.165) is 5.56 Å². The predicted octanol–water partition coefficient (Wildman–Crippen LogP) is 2.99. The number of amides is 2. The van der Waals surface area contributed by atoms with Crippen LogP contribution in [0.1, 0.15) is 33.3 Å². The molecule has 21 heavy (non-hydrogen) atoms. The number of nitrogens with one attached hydrogen (secondary N) is 2. The first-order chi connectivity index (χ1) is 9.58. The maximum absolute atomic E-state index is 13.6. The summed E-state index contributed by atoms with van der Waals surface area (Å²) in [6.45, 7) is 8.41. The lowest BCUT2D eigenvalue weighted by Crippen LogP contribution is -2.44. The molecular formula is C15H21FN2O3. The molecule has 0 radical (unpaired) electrons. The maximum atomic E-state index is 13.6. The first-order valence-electron chi connectivity index (χ1n) is 6.65. The Hall–Kier alpha value is -2.11. The van der Waals surface area contributed by atoms with E-state index in [-0.39, 0.29) is 5.69 Å². The van der Waals surface area contributed by atoms with Gasteiger partial charge in [0.1, 0.15) is 17.5 Å². The first-order valence-corrected chi connectivity index (χ1v) is 6.65. The number of benzene rings is 1. The number of hydrogen-bond donors (Lipinski definition) is 2. The van der Waals surface area contributed by atoms with Crippen LogP contribution in [0.2, 0.25) is 0 Å². The summed E-state index contributed by atoms with van der Waals surface area (Å²) in [7, 11) is 0. The Kier molecular flexibility index (Phi) is 5.29. The second kappa shape index (κ2) is 6.56. The van der Waals surface area contributed by atoms with Crippen LogP contribution < -0.4 is 10.6 Å². The maximum Gasteiger partial charge on any atom is 0.408 e. The van der Waals surface area contributed by atoms with E-state index >= 15 is 0 Å². The van der Waals surface area contributed by atoms with Crippen LogP contribution in [0.15, 0.2) is 18.2 Å². The highest BCUT2D eigenvalue weighted by Crippen LogP contribution is 2.15. The van der Waals surface area contributed by atoms with Crippen LogP contribution in [0.5, 0.6) is 0 Å². The lowest BCUT2D eigenvalue weighted by atomic mass is 10.2. The second-order valence-electron chi connectivity index (χ2n) is 5.84. The molecule has 6 heteroatoms. The van der Waals surface area contributed by atoms with E-state index in [1.54, 1.807) is 33.8 Å². The fourth-order valence-electron chi connectivity index (χ4n) is 1.51. The van der Waals surface area contributed by atoms with Crippen LogP contribution in [0.4, 0.5) is 14.9 Å². The summed E-state index contributed by atoms with van der Waals surface area (Å²) in [5.74, 6) is -1.04. The number of ether oxygens (including phenoxy) is 1. The SMILES string of the molecule is Cc1ccc(NC(=O)[C@H](C)NC(=O)OC(C)(C)C)c(F)c1. The van der Waals surface area contributed by atoms with E-state index in [4.69, 9.17) is 4.74 Å². The minimum absolute atomic E-state index is 0.0726. The molecule has 0 saturated heterocycles. The van der Waals surface area contributed by atoms with Gasteiger partial charge in [0.2, 0.25) is 5.91 Å². The summed E-state index contributed by atoms with van der Waals surface area (Å²) in [5, 5.41) is 4.81. The van der Waals surface area contributed by atoms with Gasteiger partial charge in [0.05, 0.1) is 5.69 Å². The second-order valence-corrected chi connectivity index (χ2v) is 5.84. The molecule has 5 nitrogen and oxygen atoms in total. The third kappa shape index (κ3) is 5.81. The molecule has 1 rings (SSSR count). The number of alkyl carbamates (subject to hydrolysis) is 1. The Balaban J connectivity index is 2.61. The lowest BCUT2D eigenvalue weighted by molar-refractivity contribution is -0.117. The highest BCUT2D eigenvalue weighted by atomic mass is 19.1. The standard InChI is InChI=1S/C15H21FN2O3/c1-9-6-7-12(11(16)8-9)18-13(19)10(2)17-14(20)21-15(3,4)5/h6-8,10H,1-5H3,(H,17,20)(H,18,19)/t10-/m0/s1. The molecule has 0 aromatic heterocycles. The minimum Gasteiger partial charge on any atom is -0.444 e. The molecule has 0 unspecified atom stereocenters. The highest BCUT2D eigenvalue weighted by molar-refractivity contribution is 5.96. The molecule has 0 spiro atoms. The number of hydrogen-bond acceptors (Lipinski definition) is 3. The minimum atomic E-state index is -0.847. The summed E-state index contributed by atoms with van der Waals surface area (Å²) in [4.78, 5) is 23.5. The van der Waals surface area contributed by atoms with Crippen molar-refractivity contribution in [2.45, 2.75) is 46.3 Å². The highest BCUT2D eigenvalue weighted by Gasteiger charge is 2.21. The third-order valence-electron chi connectivity index (χ3n) is 2.51. The summed E-state index contributed by atoms with van der Waals surface area (Å²) >= 11 is 0. The Morgan fingerprint density at radius 2 is 1.90 bits per heavy atom. The van der Waals surface area contributed by atoms with E-state index in [1.807, 2.05) is 0 Å². The zero-order valence-electron chi connectivity index (χ0n) is 12.9. The van der Waals surface area contributed by atoms with Crippen molar-refractivity contribution in [3.8, 4) is 0 Å². The van der Waals surface area contributed by atoms with E-state index in [1.165, 1.54) is 19.1 Å². The Labute approximate surface area is 123 Å². The molecule has 116 valence electrons. The monoisotopic (exact) mass is 296 g/mol. The summed E-state index contributed by atoms with van der Waals surface area (Å²) in [5.41, 5.74) is 0.178. The van der Waals surface area contributed by atoms with Crippen LogP contribution in [-0.4, -0.2) is 23.6 Å². The Morgan fingerprint density at radius 1 is 1.29 bits per heavy atom. The van der Waals surface area contributed by atoms with E-state index in [9.17, 15) is 14.0 Å². The normalized spacial score (nSPS) is 12.5. The van der Waals surface area contributed by atoms with E-state index in [2.05, 4.69) is 10.6 Å². The number of aryl methyl sites for hydroxylation is 1. The van der Waals surface area contributed by atoms with Gasteiger partial charge in [-0.1, -0.05) is 6.07 Å². The summed E-state index contributed by atoms with van der Waals surface area (Å²) < 4.78 is 18.7. The number of halogens is 1. The van der Waals surface area contributed by atoms with E-state index < -0.39 is 29.5 Å². The molecule has 0 saturated carbocycles. The average molecular weight is 296 g/mol. The quantitative estimate of drug-likeness (QED) is 0.901. The van der Waals surface area contributed by atoms with Crippen LogP contribution in [0, 0.1) is 12.7 Å². The molecule has 1 atom stereocenters. The van der Waals surface area contributed by atoms with Gasteiger partial charge < -0.3 is 15.4 Å². The van der Waals surface area contributed by atoms with Gasteiger partial charge in [0.15, 0.2) is 0 Å². The number of anilines is 1. The molecule has 1 aromatic rings. The zero-order valence-corrected chi connectivity index (χ0v) is 12.9. The summed E-state index contributed by atoms with van der Waals surface area (Å²) in [6, 6.07) is 3.63. The van der Waals surface area contributed by atoms with Crippen molar-refractivity contribution in [2.24, 2.45) is 0 Å². The zero-order chi connectivity index (χ0) is 16.2. The largest absolute Gasteiger partial charge is 0.444 e. The topological polar surface area (TPSA) is 67.4 Å². The Bertz CT molecular complexity index is 538.